The molecule has 1 saturated heterocycles. The highest BCUT2D eigenvalue weighted by Crippen LogP contribution is 2.27. The fraction of sp³-hybridized carbons (Fsp3) is 0.538. The smallest absolute Gasteiger partial charge is 0.246 e. The van der Waals surface area contributed by atoms with Crippen LogP contribution in [0.5, 0.6) is 0 Å². The van der Waals surface area contributed by atoms with Crippen LogP contribution in [0.25, 0.3) is 0 Å². The van der Waals surface area contributed by atoms with Crippen LogP contribution in [-0.2, 0) is 16.6 Å². The molecule has 1 atom stereocenters. The number of sulfonamides is 1. The zero-order valence-electron chi connectivity index (χ0n) is 11.0. The highest BCUT2D eigenvalue weighted by atomic mass is 32.2. The Kier molecular flexibility index (Phi) is 4.23. The Morgan fingerprint density at radius 1 is 1.42 bits per heavy atom. The summed E-state index contributed by atoms with van der Waals surface area (Å²) < 4.78 is 40.3. The van der Waals surface area contributed by atoms with Crippen molar-refractivity contribution in [1.82, 2.24) is 4.31 Å². The quantitative estimate of drug-likeness (QED) is 0.922. The lowest BCUT2D eigenvalue weighted by Crippen LogP contribution is -2.42. The first kappa shape index (κ1) is 14.4. The lowest BCUT2D eigenvalue weighted by Gasteiger charge is -2.32. The van der Waals surface area contributed by atoms with E-state index in [2.05, 4.69) is 0 Å². The summed E-state index contributed by atoms with van der Waals surface area (Å²) in [5, 5.41) is 0. The topological polar surface area (TPSA) is 63.4 Å². The van der Waals surface area contributed by atoms with E-state index in [1.54, 1.807) is 0 Å². The molecule has 1 heterocycles. The van der Waals surface area contributed by atoms with E-state index in [0.717, 1.165) is 19.3 Å². The first-order valence-corrected chi connectivity index (χ1v) is 7.91. The van der Waals surface area contributed by atoms with Gasteiger partial charge in [-0.3, -0.25) is 0 Å². The van der Waals surface area contributed by atoms with Gasteiger partial charge in [0, 0.05) is 19.1 Å². The molecule has 1 fully saturated rings. The van der Waals surface area contributed by atoms with Gasteiger partial charge in [-0.1, -0.05) is 12.5 Å². The zero-order valence-corrected chi connectivity index (χ0v) is 11.8. The maximum atomic E-state index is 13.8. The van der Waals surface area contributed by atoms with Crippen LogP contribution in [0.2, 0.25) is 0 Å². The Balaban J connectivity index is 2.43. The van der Waals surface area contributed by atoms with Crippen LogP contribution in [-0.4, -0.2) is 25.3 Å². The molecule has 4 nitrogen and oxygen atoms in total. The van der Waals surface area contributed by atoms with Crippen molar-refractivity contribution >= 4 is 10.0 Å². The van der Waals surface area contributed by atoms with Gasteiger partial charge >= 0.3 is 0 Å². The van der Waals surface area contributed by atoms with Crippen LogP contribution < -0.4 is 5.73 Å². The molecular weight excluding hydrogens is 267 g/mol. The van der Waals surface area contributed by atoms with Gasteiger partial charge in [-0.15, -0.1) is 0 Å². The molecule has 1 aliphatic heterocycles. The van der Waals surface area contributed by atoms with Crippen molar-refractivity contribution in [1.29, 1.82) is 0 Å². The monoisotopic (exact) mass is 286 g/mol. The van der Waals surface area contributed by atoms with Crippen molar-refractivity contribution < 1.29 is 12.8 Å². The number of nitrogens with zero attached hydrogens (tertiary/aromatic N) is 1. The molecule has 1 aromatic carbocycles. The summed E-state index contributed by atoms with van der Waals surface area (Å²) in [7, 11) is -3.77. The van der Waals surface area contributed by atoms with Crippen LogP contribution in [0.4, 0.5) is 4.39 Å². The van der Waals surface area contributed by atoms with Gasteiger partial charge in [0.25, 0.3) is 0 Å². The number of halogens is 1. The van der Waals surface area contributed by atoms with Crippen molar-refractivity contribution in [3.63, 3.8) is 0 Å². The van der Waals surface area contributed by atoms with Crippen molar-refractivity contribution in [2.24, 2.45) is 5.73 Å². The van der Waals surface area contributed by atoms with Gasteiger partial charge in [0.2, 0.25) is 10.0 Å². The summed E-state index contributed by atoms with van der Waals surface area (Å²) in [5.41, 5.74) is 6.10. The first-order valence-electron chi connectivity index (χ1n) is 6.47. The van der Waals surface area contributed by atoms with Gasteiger partial charge in [-0.2, -0.15) is 4.31 Å². The van der Waals surface area contributed by atoms with Gasteiger partial charge in [0.15, 0.2) is 0 Å². The van der Waals surface area contributed by atoms with Crippen LogP contribution in [0.3, 0.4) is 0 Å². The molecule has 0 aromatic heterocycles. The Bertz CT molecular complexity index is 560. The molecule has 0 saturated carbocycles. The minimum absolute atomic E-state index is 0.0836. The van der Waals surface area contributed by atoms with Crippen molar-refractivity contribution in [2.45, 2.75) is 43.7 Å². The number of nitrogens with two attached hydrogens (primary N) is 1. The minimum atomic E-state index is -3.77. The fourth-order valence-electron chi connectivity index (χ4n) is 2.43. The van der Waals surface area contributed by atoms with E-state index in [4.69, 9.17) is 5.73 Å². The molecule has 0 aliphatic carbocycles. The average molecular weight is 286 g/mol. The molecule has 1 unspecified atom stereocenters. The highest BCUT2D eigenvalue weighted by Gasteiger charge is 2.32. The third kappa shape index (κ3) is 2.80. The molecule has 2 N–H and O–H groups in total. The largest absolute Gasteiger partial charge is 0.326 e. The molecule has 106 valence electrons. The van der Waals surface area contributed by atoms with Crippen LogP contribution in [0, 0.1) is 5.82 Å². The molecule has 2 rings (SSSR count). The predicted octanol–water partition coefficient (Wildman–Crippen LogP) is 1.85. The van der Waals surface area contributed by atoms with Crippen LogP contribution in [0.1, 0.15) is 31.7 Å². The van der Waals surface area contributed by atoms with Gasteiger partial charge in [-0.25, -0.2) is 12.8 Å². The molecule has 1 aromatic rings. The van der Waals surface area contributed by atoms with Gasteiger partial charge in [-0.05, 0) is 37.5 Å². The van der Waals surface area contributed by atoms with Crippen LogP contribution >= 0.6 is 0 Å². The number of hydrogen-bond acceptors (Lipinski definition) is 3. The highest BCUT2D eigenvalue weighted by molar-refractivity contribution is 7.89. The van der Waals surface area contributed by atoms with E-state index >= 15 is 0 Å². The second-order valence-corrected chi connectivity index (χ2v) is 6.79. The third-order valence-corrected chi connectivity index (χ3v) is 5.59. The summed E-state index contributed by atoms with van der Waals surface area (Å²) in [5.74, 6) is -0.713. The Hall–Kier alpha value is -0.980. The number of benzene rings is 1. The number of piperidine rings is 1. The molecule has 0 bridgehead atoms. The second kappa shape index (κ2) is 5.56. The van der Waals surface area contributed by atoms with E-state index in [-0.39, 0.29) is 17.5 Å². The van der Waals surface area contributed by atoms with E-state index < -0.39 is 15.8 Å². The standard InChI is InChI=1S/C13H19FN2O2S/c1-10-4-2-3-7-16(10)19(17,18)13-8-11(9-15)5-6-12(13)14/h5-6,8,10H,2-4,7,9,15H2,1H3. The fourth-order valence-corrected chi connectivity index (χ4v) is 4.24. The Morgan fingerprint density at radius 3 is 2.79 bits per heavy atom. The molecule has 0 spiro atoms. The zero-order chi connectivity index (χ0) is 14.0. The van der Waals surface area contributed by atoms with Gasteiger partial charge < -0.3 is 5.73 Å². The van der Waals surface area contributed by atoms with E-state index in [1.807, 2.05) is 6.92 Å². The Morgan fingerprint density at radius 2 is 2.16 bits per heavy atom. The molecular formula is C13H19FN2O2S. The average Bonchev–Trinajstić information content (AvgIpc) is 2.39. The summed E-state index contributed by atoms with van der Waals surface area (Å²) >= 11 is 0. The summed E-state index contributed by atoms with van der Waals surface area (Å²) in [6.45, 7) is 2.51. The Labute approximate surface area is 113 Å². The van der Waals surface area contributed by atoms with Gasteiger partial charge in [0.05, 0.1) is 0 Å². The first-order chi connectivity index (χ1) is 8.96. The van der Waals surface area contributed by atoms with Gasteiger partial charge in [0.1, 0.15) is 10.7 Å². The molecule has 0 radical (unpaired) electrons. The van der Waals surface area contributed by atoms with E-state index in [0.29, 0.717) is 12.1 Å². The van der Waals surface area contributed by atoms with Crippen LogP contribution in [0.15, 0.2) is 23.1 Å². The lowest BCUT2D eigenvalue weighted by molar-refractivity contribution is 0.268. The second-order valence-electron chi connectivity index (χ2n) is 4.93. The van der Waals surface area contributed by atoms with E-state index in [9.17, 15) is 12.8 Å². The summed E-state index contributed by atoms with van der Waals surface area (Å²) in [6.07, 6.45) is 2.65. The minimum Gasteiger partial charge on any atom is -0.326 e. The number of hydrogen-bond donors (Lipinski definition) is 1. The van der Waals surface area contributed by atoms with Crippen molar-refractivity contribution in [2.75, 3.05) is 6.54 Å². The molecule has 19 heavy (non-hydrogen) atoms. The van der Waals surface area contributed by atoms with E-state index in [1.165, 1.54) is 22.5 Å². The molecule has 0 amide bonds. The SMILES string of the molecule is CC1CCCCN1S(=O)(=O)c1cc(CN)ccc1F. The third-order valence-electron chi connectivity index (χ3n) is 3.56. The lowest BCUT2D eigenvalue weighted by atomic mass is 10.1. The predicted molar refractivity (Wildman–Crippen MR) is 71.5 cm³/mol. The molecule has 1 aliphatic rings. The summed E-state index contributed by atoms with van der Waals surface area (Å²) in [4.78, 5) is -0.260. The van der Waals surface area contributed by atoms with Crippen molar-refractivity contribution in [3.8, 4) is 0 Å². The number of rotatable bonds is 3. The maximum Gasteiger partial charge on any atom is 0.246 e. The van der Waals surface area contributed by atoms with Crippen molar-refractivity contribution in [3.05, 3.63) is 29.6 Å². The summed E-state index contributed by atoms with van der Waals surface area (Å²) in [6, 6.07) is 3.93. The normalized spacial score (nSPS) is 21.5. The molecule has 6 heteroatoms. The maximum absolute atomic E-state index is 13.8.